The summed E-state index contributed by atoms with van der Waals surface area (Å²) in [6.07, 6.45) is 3.84. The first-order chi connectivity index (χ1) is 12.2. The first-order valence-corrected chi connectivity index (χ1v) is 21.1. The van der Waals surface area contributed by atoms with Crippen LogP contribution in [0.2, 0.25) is 36.3 Å². The molecule has 3 unspecified atom stereocenters. The van der Waals surface area contributed by atoms with Gasteiger partial charge in [-0.3, -0.25) is 0 Å². The van der Waals surface area contributed by atoms with Crippen molar-refractivity contribution in [1.82, 2.24) is 18.8 Å². The topological polar surface area (TPSA) is 39.3 Å². The second-order valence-corrected chi connectivity index (χ2v) is 19.9. The summed E-state index contributed by atoms with van der Waals surface area (Å²) in [5, 5.41) is 0. The minimum Gasteiger partial charge on any atom is -0.339 e. The lowest BCUT2D eigenvalue weighted by atomic mass is 10.5. The average molecular weight is 453 g/mol. The predicted octanol–water partition coefficient (Wildman–Crippen LogP) is -1.70. The molecule has 0 radical (unpaired) electrons. The Balaban J connectivity index is 5.47. The Labute approximate surface area is 172 Å². The van der Waals surface area contributed by atoms with Crippen LogP contribution < -0.4 is 14.9 Å². The number of nitrogens with zero attached hydrogens (tertiary/aromatic N) is 1. The Kier molecular flexibility index (Phi) is 19.3. The summed E-state index contributed by atoms with van der Waals surface area (Å²) in [5.41, 5.74) is 0. The summed E-state index contributed by atoms with van der Waals surface area (Å²) in [6, 6.07) is 8.95. The van der Waals surface area contributed by atoms with Crippen molar-refractivity contribution in [2.45, 2.75) is 76.3 Å². The molecule has 4 nitrogen and oxygen atoms in total. The molecule has 0 rings (SSSR count). The second-order valence-electron chi connectivity index (χ2n) is 7.22. The van der Waals surface area contributed by atoms with Gasteiger partial charge in [0.05, 0.1) is 0 Å². The molecule has 0 aliphatic carbocycles. The summed E-state index contributed by atoms with van der Waals surface area (Å²) in [4.78, 5) is 12.3. The van der Waals surface area contributed by atoms with Crippen LogP contribution in [0.25, 0.3) is 0 Å². The first-order valence-electron chi connectivity index (χ1n) is 11.2. The molecule has 10 heteroatoms. The SMILES string of the molecule is CCCN[SiH](CC[SiH3])N([SiH](CC[SiH3])NCCC)[SiH](CC[SiH3])NCCC. The lowest BCUT2D eigenvalue weighted by molar-refractivity contribution is 0.727. The van der Waals surface area contributed by atoms with Crippen LogP contribution in [0.3, 0.4) is 0 Å². The van der Waals surface area contributed by atoms with Gasteiger partial charge in [-0.05, 0) is 57.0 Å². The van der Waals surface area contributed by atoms with E-state index in [9.17, 15) is 0 Å². The molecule has 0 bridgehead atoms. The van der Waals surface area contributed by atoms with Crippen LogP contribution >= 0.6 is 0 Å². The fourth-order valence-electron chi connectivity index (χ4n) is 3.47. The van der Waals surface area contributed by atoms with Gasteiger partial charge in [0.25, 0.3) is 0 Å². The Morgan fingerprint density at radius 1 is 0.600 bits per heavy atom. The standard InChI is InChI=1S/C15H48N4Si6/c1-4-7-16-23(13-10-20)19(24(14-11-21)17-8-5-2)25(15-12-22)18-9-6-3/h16-18,23-25H,4-15H2,1-3,20-22H3. The zero-order valence-corrected chi connectivity index (χ0v) is 27.6. The Hall–Kier alpha value is 1.14. The molecule has 0 amide bonds. The van der Waals surface area contributed by atoms with Gasteiger partial charge in [-0.1, -0.05) is 38.9 Å². The monoisotopic (exact) mass is 452 g/mol. The van der Waals surface area contributed by atoms with Gasteiger partial charge in [-0.25, -0.2) is 0 Å². The molecule has 0 fully saturated rings. The Morgan fingerprint density at radius 2 is 0.880 bits per heavy atom. The summed E-state index contributed by atoms with van der Waals surface area (Å²) in [6.45, 7) is 10.7. The molecule has 152 valence electrons. The van der Waals surface area contributed by atoms with Gasteiger partial charge in [0.2, 0.25) is 0 Å². The fourth-order valence-corrected chi connectivity index (χ4v) is 23.8. The van der Waals surface area contributed by atoms with E-state index in [0.29, 0.717) is 0 Å². The molecule has 3 N–H and O–H groups in total. The lowest BCUT2D eigenvalue weighted by Crippen LogP contribution is -2.70. The van der Waals surface area contributed by atoms with Crippen LogP contribution in [0.15, 0.2) is 0 Å². The van der Waals surface area contributed by atoms with Crippen molar-refractivity contribution < 1.29 is 0 Å². The Morgan fingerprint density at radius 3 is 1.08 bits per heavy atom. The van der Waals surface area contributed by atoms with E-state index in [-0.39, 0.29) is 0 Å². The molecule has 0 aromatic carbocycles. The third kappa shape index (κ3) is 11.6. The smallest absolute Gasteiger partial charge is 0.175 e. The van der Waals surface area contributed by atoms with Crippen molar-refractivity contribution >= 4 is 58.1 Å². The van der Waals surface area contributed by atoms with Crippen LogP contribution in [-0.4, -0.2) is 81.6 Å². The van der Waals surface area contributed by atoms with Crippen LogP contribution in [0.5, 0.6) is 0 Å². The summed E-state index contributed by atoms with van der Waals surface area (Å²) in [5.74, 6) is 0. The van der Waals surface area contributed by atoms with E-state index in [1.54, 1.807) is 0 Å². The molecular formula is C15H48N4Si6. The van der Waals surface area contributed by atoms with Gasteiger partial charge < -0.3 is 18.8 Å². The third-order valence-electron chi connectivity index (χ3n) is 4.66. The Bertz CT molecular complexity index is 248. The molecule has 0 aromatic heterocycles. The number of hydrogen-bond acceptors (Lipinski definition) is 4. The fraction of sp³-hybridized carbons (Fsp3) is 1.00. The highest BCUT2D eigenvalue weighted by molar-refractivity contribution is 6.85. The highest BCUT2D eigenvalue weighted by Gasteiger charge is 2.33. The van der Waals surface area contributed by atoms with Gasteiger partial charge in [0.1, 0.15) is 0 Å². The van der Waals surface area contributed by atoms with Crippen molar-refractivity contribution in [3.63, 3.8) is 0 Å². The van der Waals surface area contributed by atoms with Gasteiger partial charge >= 0.3 is 0 Å². The molecule has 0 aliphatic heterocycles. The van der Waals surface area contributed by atoms with Crippen LogP contribution in [0.1, 0.15) is 40.0 Å². The maximum atomic E-state index is 4.10. The zero-order valence-electron chi connectivity index (χ0n) is 18.2. The molecule has 0 aromatic rings. The van der Waals surface area contributed by atoms with Crippen molar-refractivity contribution in [2.24, 2.45) is 0 Å². The molecule has 0 heterocycles. The van der Waals surface area contributed by atoms with Crippen molar-refractivity contribution in [1.29, 1.82) is 0 Å². The van der Waals surface area contributed by atoms with E-state index < -0.39 is 27.4 Å². The van der Waals surface area contributed by atoms with Crippen LogP contribution in [-0.2, 0) is 0 Å². The van der Waals surface area contributed by atoms with E-state index in [1.165, 1.54) is 106 Å². The van der Waals surface area contributed by atoms with Crippen LogP contribution in [0, 0.1) is 0 Å². The van der Waals surface area contributed by atoms with Crippen molar-refractivity contribution in [2.75, 3.05) is 19.6 Å². The first kappa shape index (κ1) is 26.1. The maximum absolute atomic E-state index is 4.10. The van der Waals surface area contributed by atoms with Crippen molar-refractivity contribution in [3.05, 3.63) is 0 Å². The highest BCUT2D eigenvalue weighted by Crippen LogP contribution is 2.13. The quantitative estimate of drug-likeness (QED) is 0.217. The van der Waals surface area contributed by atoms with E-state index in [1.807, 2.05) is 0 Å². The zero-order chi connectivity index (χ0) is 18.9. The lowest BCUT2D eigenvalue weighted by Gasteiger charge is -2.43. The number of hydrogen-bond donors (Lipinski definition) is 3. The normalized spacial score (nSPS) is 15.8. The molecule has 25 heavy (non-hydrogen) atoms. The largest absolute Gasteiger partial charge is 0.339 e. The molecule has 0 saturated heterocycles. The molecule has 0 saturated carbocycles. The predicted molar refractivity (Wildman–Crippen MR) is 137 cm³/mol. The highest BCUT2D eigenvalue weighted by atomic mass is 28.4. The molecule has 0 aliphatic rings. The van der Waals surface area contributed by atoms with Crippen molar-refractivity contribution in [3.8, 4) is 0 Å². The summed E-state index contributed by atoms with van der Waals surface area (Å²) < 4.78 is 3.23. The molecule has 3 atom stereocenters. The molecule has 0 spiro atoms. The number of rotatable bonds is 18. The average Bonchev–Trinajstić information content (AvgIpc) is 2.62. The maximum Gasteiger partial charge on any atom is 0.175 e. The van der Waals surface area contributed by atoms with Crippen LogP contribution in [0.4, 0.5) is 0 Å². The van der Waals surface area contributed by atoms with Gasteiger partial charge in [0, 0.05) is 30.7 Å². The van der Waals surface area contributed by atoms with Gasteiger partial charge in [0.15, 0.2) is 27.4 Å². The van der Waals surface area contributed by atoms with Gasteiger partial charge in [-0.15, -0.1) is 0 Å². The van der Waals surface area contributed by atoms with E-state index in [0.717, 1.165) is 0 Å². The van der Waals surface area contributed by atoms with Gasteiger partial charge in [-0.2, -0.15) is 0 Å². The summed E-state index contributed by atoms with van der Waals surface area (Å²) >= 11 is 0. The van der Waals surface area contributed by atoms with E-state index >= 15 is 0 Å². The minimum atomic E-state index is -0.983. The second kappa shape index (κ2) is 18.5. The summed E-state index contributed by atoms with van der Waals surface area (Å²) in [7, 11) is 1.15. The molecular weight excluding hydrogens is 405 g/mol. The minimum absolute atomic E-state index is 0.983. The van der Waals surface area contributed by atoms with E-state index in [2.05, 4.69) is 39.6 Å². The van der Waals surface area contributed by atoms with E-state index in [4.69, 9.17) is 0 Å². The number of nitrogens with one attached hydrogen (secondary N) is 3. The third-order valence-corrected chi connectivity index (χ3v) is 24.1.